The van der Waals surface area contributed by atoms with Crippen molar-refractivity contribution in [3.63, 3.8) is 0 Å². The maximum atomic E-state index is 11.4. The number of hydrogen-bond acceptors (Lipinski definition) is 4. The fourth-order valence-corrected chi connectivity index (χ4v) is 3.79. The number of sulfone groups is 1. The number of nitrogens with one attached hydrogen (secondary N) is 1. The van der Waals surface area contributed by atoms with Crippen molar-refractivity contribution >= 4 is 9.84 Å². The van der Waals surface area contributed by atoms with E-state index in [1.807, 2.05) is 0 Å². The molecule has 0 atom stereocenters. The van der Waals surface area contributed by atoms with Gasteiger partial charge in [0.05, 0.1) is 11.5 Å². The van der Waals surface area contributed by atoms with Crippen LogP contribution in [0.3, 0.4) is 0 Å². The van der Waals surface area contributed by atoms with E-state index < -0.39 is 9.84 Å². The largest absolute Gasteiger partial charge is 0.312 e. The summed E-state index contributed by atoms with van der Waals surface area (Å²) < 4.78 is 22.9. The maximum Gasteiger partial charge on any atom is 0.152 e. The first kappa shape index (κ1) is 16.5. The monoisotopic (exact) mass is 310 g/mol. The van der Waals surface area contributed by atoms with Gasteiger partial charge in [-0.15, -0.1) is 0 Å². The molecule has 21 heavy (non-hydrogen) atoms. The SMILES string of the molecule is CC(C)CNCc1cccc(CN2CCS(=O)(=O)CC2)c1. The lowest BCUT2D eigenvalue weighted by atomic mass is 10.1. The molecule has 1 saturated heterocycles. The molecule has 0 spiro atoms. The molecule has 1 N–H and O–H groups in total. The molecule has 0 aromatic heterocycles. The van der Waals surface area contributed by atoms with Gasteiger partial charge < -0.3 is 5.32 Å². The molecule has 0 amide bonds. The molecular formula is C16H26N2O2S. The van der Waals surface area contributed by atoms with E-state index in [9.17, 15) is 8.42 Å². The van der Waals surface area contributed by atoms with Crippen molar-refractivity contribution in [1.82, 2.24) is 10.2 Å². The van der Waals surface area contributed by atoms with Crippen molar-refractivity contribution in [2.75, 3.05) is 31.1 Å². The summed E-state index contributed by atoms with van der Waals surface area (Å²) in [5.74, 6) is 1.24. The smallest absolute Gasteiger partial charge is 0.152 e. The van der Waals surface area contributed by atoms with Gasteiger partial charge in [0.25, 0.3) is 0 Å². The van der Waals surface area contributed by atoms with E-state index in [1.54, 1.807) is 0 Å². The molecule has 1 fully saturated rings. The Morgan fingerprint density at radius 3 is 2.52 bits per heavy atom. The van der Waals surface area contributed by atoms with Gasteiger partial charge in [-0.25, -0.2) is 8.42 Å². The summed E-state index contributed by atoms with van der Waals surface area (Å²) in [6.07, 6.45) is 0. The molecule has 4 nitrogen and oxygen atoms in total. The van der Waals surface area contributed by atoms with Crippen LogP contribution in [0.15, 0.2) is 24.3 Å². The van der Waals surface area contributed by atoms with Gasteiger partial charge in [-0.05, 0) is 23.6 Å². The molecule has 1 aliphatic rings. The lowest BCUT2D eigenvalue weighted by Crippen LogP contribution is -2.39. The zero-order valence-corrected chi connectivity index (χ0v) is 13.8. The van der Waals surface area contributed by atoms with Gasteiger partial charge in [-0.2, -0.15) is 0 Å². The quantitative estimate of drug-likeness (QED) is 0.868. The maximum absolute atomic E-state index is 11.4. The summed E-state index contributed by atoms with van der Waals surface area (Å²) in [5.41, 5.74) is 2.55. The average molecular weight is 310 g/mol. The Kier molecular flexibility index (Phi) is 5.79. The third-order valence-electron chi connectivity index (χ3n) is 3.72. The van der Waals surface area contributed by atoms with E-state index in [0.29, 0.717) is 30.5 Å². The van der Waals surface area contributed by atoms with Crippen LogP contribution in [0.2, 0.25) is 0 Å². The second kappa shape index (κ2) is 7.38. The van der Waals surface area contributed by atoms with Gasteiger partial charge in [-0.3, -0.25) is 4.90 Å². The molecule has 1 aromatic carbocycles. The third kappa shape index (κ3) is 5.77. The molecule has 1 heterocycles. The zero-order valence-electron chi connectivity index (χ0n) is 13.0. The average Bonchev–Trinajstić information content (AvgIpc) is 2.41. The molecule has 1 aliphatic heterocycles. The van der Waals surface area contributed by atoms with Gasteiger partial charge in [0, 0.05) is 26.2 Å². The lowest BCUT2D eigenvalue weighted by Gasteiger charge is -2.26. The zero-order chi connectivity index (χ0) is 15.3. The standard InChI is InChI=1S/C16H26N2O2S/c1-14(2)11-17-12-15-4-3-5-16(10-15)13-18-6-8-21(19,20)9-7-18/h3-5,10,14,17H,6-9,11-13H2,1-2H3. The van der Waals surface area contributed by atoms with Crippen LogP contribution in [0.1, 0.15) is 25.0 Å². The minimum Gasteiger partial charge on any atom is -0.312 e. The summed E-state index contributed by atoms with van der Waals surface area (Å²) in [7, 11) is -2.79. The Labute approximate surface area is 128 Å². The van der Waals surface area contributed by atoms with Crippen molar-refractivity contribution < 1.29 is 8.42 Å². The first-order valence-electron chi connectivity index (χ1n) is 7.66. The molecule has 0 radical (unpaired) electrons. The van der Waals surface area contributed by atoms with Gasteiger partial charge in [-0.1, -0.05) is 38.1 Å². The van der Waals surface area contributed by atoms with E-state index in [-0.39, 0.29) is 0 Å². The highest BCUT2D eigenvalue weighted by Gasteiger charge is 2.21. The summed E-state index contributed by atoms with van der Waals surface area (Å²) in [6, 6.07) is 8.56. The second-order valence-corrected chi connectivity index (χ2v) is 8.58. The first-order valence-corrected chi connectivity index (χ1v) is 9.48. The first-order chi connectivity index (χ1) is 9.94. The van der Waals surface area contributed by atoms with Crippen LogP contribution in [-0.2, 0) is 22.9 Å². The van der Waals surface area contributed by atoms with E-state index in [0.717, 1.165) is 19.6 Å². The van der Waals surface area contributed by atoms with Crippen molar-refractivity contribution in [3.05, 3.63) is 35.4 Å². The number of hydrogen-bond donors (Lipinski definition) is 1. The van der Waals surface area contributed by atoms with E-state index in [4.69, 9.17) is 0 Å². The van der Waals surface area contributed by atoms with Gasteiger partial charge in [0.2, 0.25) is 0 Å². The molecule has 5 heteroatoms. The van der Waals surface area contributed by atoms with Gasteiger partial charge in [0.15, 0.2) is 9.84 Å². The second-order valence-electron chi connectivity index (χ2n) is 6.27. The minimum atomic E-state index is -2.79. The van der Waals surface area contributed by atoms with Crippen molar-refractivity contribution in [1.29, 1.82) is 0 Å². The highest BCUT2D eigenvalue weighted by Crippen LogP contribution is 2.11. The number of benzene rings is 1. The van der Waals surface area contributed by atoms with Crippen molar-refractivity contribution in [3.8, 4) is 0 Å². The molecule has 2 rings (SSSR count). The number of rotatable bonds is 6. The Bertz CT molecular complexity index is 541. The van der Waals surface area contributed by atoms with E-state index in [2.05, 4.69) is 48.3 Å². The van der Waals surface area contributed by atoms with Crippen LogP contribution < -0.4 is 5.32 Å². The molecule has 0 aliphatic carbocycles. The van der Waals surface area contributed by atoms with E-state index >= 15 is 0 Å². The Hall–Kier alpha value is -0.910. The van der Waals surface area contributed by atoms with E-state index in [1.165, 1.54) is 11.1 Å². The third-order valence-corrected chi connectivity index (χ3v) is 5.33. The molecular weight excluding hydrogens is 284 g/mol. The Balaban J connectivity index is 1.86. The van der Waals surface area contributed by atoms with Crippen molar-refractivity contribution in [2.24, 2.45) is 5.92 Å². The normalized spacial score (nSPS) is 19.0. The fourth-order valence-electron chi connectivity index (χ4n) is 2.51. The van der Waals surface area contributed by atoms with Crippen LogP contribution in [0.4, 0.5) is 0 Å². The van der Waals surface area contributed by atoms with Crippen molar-refractivity contribution in [2.45, 2.75) is 26.9 Å². The lowest BCUT2D eigenvalue weighted by molar-refractivity contribution is 0.287. The van der Waals surface area contributed by atoms with Gasteiger partial charge in [0.1, 0.15) is 0 Å². The fraction of sp³-hybridized carbons (Fsp3) is 0.625. The summed E-state index contributed by atoms with van der Waals surface area (Å²) >= 11 is 0. The summed E-state index contributed by atoms with van der Waals surface area (Å²) in [4.78, 5) is 2.22. The topological polar surface area (TPSA) is 49.4 Å². The molecule has 0 saturated carbocycles. The molecule has 1 aromatic rings. The predicted molar refractivity (Wildman–Crippen MR) is 86.9 cm³/mol. The van der Waals surface area contributed by atoms with Gasteiger partial charge >= 0.3 is 0 Å². The van der Waals surface area contributed by atoms with Crippen LogP contribution in [0.25, 0.3) is 0 Å². The highest BCUT2D eigenvalue weighted by molar-refractivity contribution is 7.91. The van der Waals surface area contributed by atoms with Crippen LogP contribution >= 0.6 is 0 Å². The Morgan fingerprint density at radius 2 is 1.86 bits per heavy atom. The number of nitrogens with zero attached hydrogens (tertiary/aromatic N) is 1. The molecule has 118 valence electrons. The predicted octanol–water partition coefficient (Wildman–Crippen LogP) is 1.66. The minimum absolute atomic E-state index is 0.294. The highest BCUT2D eigenvalue weighted by atomic mass is 32.2. The van der Waals surface area contributed by atoms with Crippen LogP contribution in [0.5, 0.6) is 0 Å². The van der Waals surface area contributed by atoms with Crippen LogP contribution in [0, 0.1) is 5.92 Å². The Morgan fingerprint density at radius 1 is 1.19 bits per heavy atom. The molecule has 0 unspecified atom stereocenters. The summed E-state index contributed by atoms with van der Waals surface area (Å²) in [5, 5.41) is 3.45. The molecule has 0 bridgehead atoms. The summed E-state index contributed by atoms with van der Waals surface area (Å²) in [6.45, 7) is 8.46. The van der Waals surface area contributed by atoms with Crippen LogP contribution in [-0.4, -0.2) is 44.5 Å².